The molecule has 0 aliphatic heterocycles. The van der Waals surface area contributed by atoms with E-state index in [0.29, 0.717) is 23.3 Å². The number of aryl methyl sites for hydroxylation is 1. The molecule has 0 saturated carbocycles. The molecule has 3 aromatic carbocycles. The molecular formula is C24H22F4N2O4S. The fourth-order valence-corrected chi connectivity index (χ4v) is 4.78. The number of carbonyl (C=O) groups excluding carboxylic acids is 1. The van der Waals surface area contributed by atoms with Crippen molar-refractivity contribution in [2.45, 2.75) is 30.5 Å². The number of rotatable bonds is 8. The third kappa shape index (κ3) is 6.58. The molecule has 0 saturated heterocycles. The van der Waals surface area contributed by atoms with Crippen LogP contribution in [0, 0.1) is 12.7 Å². The van der Waals surface area contributed by atoms with Crippen LogP contribution >= 0.6 is 0 Å². The molecule has 2 N–H and O–H groups in total. The Labute approximate surface area is 200 Å². The molecule has 0 fully saturated rings. The summed E-state index contributed by atoms with van der Waals surface area (Å²) in [6.45, 7) is 1.68. The average Bonchev–Trinajstić information content (AvgIpc) is 2.79. The second kappa shape index (κ2) is 10.4. The number of sulfonamides is 1. The van der Waals surface area contributed by atoms with Crippen LogP contribution in [0.1, 0.15) is 16.7 Å². The van der Waals surface area contributed by atoms with E-state index >= 15 is 0 Å². The minimum absolute atomic E-state index is 0.0512. The molecule has 0 aliphatic rings. The number of ether oxygens (including phenoxy) is 1. The lowest BCUT2D eigenvalue weighted by Gasteiger charge is -2.20. The molecule has 6 nitrogen and oxygen atoms in total. The minimum atomic E-state index is -4.97. The van der Waals surface area contributed by atoms with Crippen molar-refractivity contribution in [3.05, 3.63) is 89.2 Å². The van der Waals surface area contributed by atoms with Gasteiger partial charge in [0.1, 0.15) is 22.5 Å². The molecule has 0 aromatic heterocycles. The third-order valence-corrected chi connectivity index (χ3v) is 6.54. The highest BCUT2D eigenvalue weighted by molar-refractivity contribution is 7.89. The van der Waals surface area contributed by atoms with Crippen LogP contribution in [0.25, 0.3) is 0 Å². The molecule has 186 valence electrons. The zero-order chi connectivity index (χ0) is 25.8. The van der Waals surface area contributed by atoms with Crippen LogP contribution in [-0.4, -0.2) is 27.5 Å². The number of anilines is 1. The lowest BCUT2D eigenvalue weighted by atomic mass is 10.1. The molecule has 0 bridgehead atoms. The second-order valence-corrected chi connectivity index (χ2v) is 9.38. The van der Waals surface area contributed by atoms with Crippen molar-refractivity contribution >= 4 is 21.6 Å². The van der Waals surface area contributed by atoms with E-state index in [4.69, 9.17) is 4.74 Å². The molecule has 1 atom stereocenters. The molecule has 1 amide bonds. The van der Waals surface area contributed by atoms with Gasteiger partial charge in [-0.2, -0.15) is 17.9 Å². The Kier molecular flexibility index (Phi) is 7.81. The maximum Gasteiger partial charge on any atom is 0.419 e. The van der Waals surface area contributed by atoms with Gasteiger partial charge in [0.25, 0.3) is 0 Å². The molecule has 0 radical (unpaired) electrons. The van der Waals surface area contributed by atoms with Crippen molar-refractivity contribution in [1.29, 1.82) is 0 Å². The predicted molar refractivity (Wildman–Crippen MR) is 122 cm³/mol. The molecule has 0 heterocycles. The van der Waals surface area contributed by atoms with Crippen LogP contribution in [0.4, 0.5) is 23.2 Å². The van der Waals surface area contributed by atoms with Crippen LogP contribution in [-0.2, 0) is 27.4 Å². The highest BCUT2D eigenvalue weighted by Crippen LogP contribution is 2.33. The van der Waals surface area contributed by atoms with E-state index in [9.17, 15) is 30.8 Å². The van der Waals surface area contributed by atoms with Gasteiger partial charge in [0, 0.05) is 5.69 Å². The topological polar surface area (TPSA) is 84.5 Å². The zero-order valence-electron chi connectivity index (χ0n) is 18.7. The summed E-state index contributed by atoms with van der Waals surface area (Å²) < 4.78 is 86.7. The first kappa shape index (κ1) is 26.2. The Morgan fingerprint density at radius 3 is 2.34 bits per heavy atom. The van der Waals surface area contributed by atoms with E-state index in [2.05, 4.69) is 10.0 Å². The summed E-state index contributed by atoms with van der Waals surface area (Å²) in [6.07, 6.45) is -5.08. The lowest BCUT2D eigenvalue weighted by molar-refractivity contribution is -0.140. The van der Waals surface area contributed by atoms with Crippen molar-refractivity contribution < 1.29 is 35.5 Å². The Morgan fingerprint density at radius 2 is 1.71 bits per heavy atom. The first-order valence-electron chi connectivity index (χ1n) is 10.3. The van der Waals surface area contributed by atoms with Crippen molar-refractivity contribution in [3.8, 4) is 5.75 Å². The number of benzene rings is 3. The summed E-state index contributed by atoms with van der Waals surface area (Å²) in [4.78, 5) is 12.8. The normalized spacial score (nSPS) is 12.7. The Morgan fingerprint density at radius 1 is 1.03 bits per heavy atom. The number of halogens is 4. The number of amides is 1. The van der Waals surface area contributed by atoms with Crippen molar-refractivity contribution in [1.82, 2.24) is 4.72 Å². The number of alkyl halides is 3. The summed E-state index contributed by atoms with van der Waals surface area (Å²) in [6, 6.07) is 13.5. The minimum Gasteiger partial charge on any atom is -0.495 e. The molecule has 3 aromatic rings. The predicted octanol–water partition coefficient (Wildman–Crippen LogP) is 4.69. The highest BCUT2D eigenvalue weighted by Gasteiger charge is 2.35. The van der Waals surface area contributed by atoms with E-state index in [0.717, 1.165) is 6.07 Å². The Hall–Kier alpha value is -3.44. The van der Waals surface area contributed by atoms with Crippen LogP contribution in [0.15, 0.2) is 71.6 Å². The quantitative estimate of drug-likeness (QED) is 0.431. The van der Waals surface area contributed by atoms with E-state index < -0.39 is 39.5 Å². The summed E-state index contributed by atoms with van der Waals surface area (Å²) in [5, 5.41) is 2.25. The van der Waals surface area contributed by atoms with E-state index in [1.807, 2.05) is 0 Å². The SMILES string of the molecule is COc1ccc(C)cc1S(=O)(=O)N[C@H](Cc1ccccc1)C(=O)Nc1ccc(F)c(C(F)(F)F)c1. The Balaban J connectivity index is 1.95. The number of methoxy groups -OCH3 is 1. The van der Waals surface area contributed by atoms with Crippen LogP contribution in [0.2, 0.25) is 0 Å². The smallest absolute Gasteiger partial charge is 0.419 e. The fourth-order valence-electron chi connectivity index (χ4n) is 3.33. The van der Waals surface area contributed by atoms with Crippen molar-refractivity contribution in [2.75, 3.05) is 12.4 Å². The maximum atomic E-state index is 13.6. The lowest BCUT2D eigenvalue weighted by Crippen LogP contribution is -2.45. The van der Waals surface area contributed by atoms with E-state index in [1.54, 1.807) is 43.3 Å². The summed E-state index contributed by atoms with van der Waals surface area (Å²) in [7, 11) is -3.00. The van der Waals surface area contributed by atoms with Gasteiger partial charge in [-0.1, -0.05) is 36.4 Å². The zero-order valence-corrected chi connectivity index (χ0v) is 19.5. The molecular weight excluding hydrogens is 488 g/mol. The van der Waals surface area contributed by atoms with Gasteiger partial charge >= 0.3 is 6.18 Å². The van der Waals surface area contributed by atoms with Gasteiger partial charge in [0.15, 0.2) is 0 Å². The highest BCUT2D eigenvalue weighted by atomic mass is 32.2. The molecule has 0 spiro atoms. The first-order chi connectivity index (χ1) is 16.4. The number of nitrogens with one attached hydrogen (secondary N) is 2. The van der Waals surface area contributed by atoms with Crippen molar-refractivity contribution in [2.24, 2.45) is 0 Å². The largest absolute Gasteiger partial charge is 0.495 e. The number of carbonyl (C=O) groups is 1. The van der Waals surface area contributed by atoms with Gasteiger partial charge < -0.3 is 10.1 Å². The second-order valence-electron chi connectivity index (χ2n) is 7.70. The van der Waals surface area contributed by atoms with Gasteiger partial charge in [0.05, 0.1) is 12.7 Å². The van der Waals surface area contributed by atoms with E-state index in [-0.39, 0.29) is 22.8 Å². The molecule has 3 rings (SSSR count). The molecule has 35 heavy (non-hydrogen) atoms. The monoisotopic (exact) mass is 510 g/mol. The average molecular weight is 511 g/mol. The van der Waals surface area contributed by atoms with E-state index in [1.165, 1.54) is 19.2 Å². The van der Waals surface area contributed by atoms with Crippen molar-refractivity contribution in [3.63, 3.8) is 0 Å². The molecule has 0 unspecified atom stereocenters. The molecule has 0 aliphatic carbocycles. The van der Waals surface area contributed by atoms with Crippen LogP contribution in [0.3, 0.4) is 0 Å². The summed E-state index contributed by atoms with van der Waals surface area (Å²) >= 11 is 0. The fraction of sp³-hybridized carbons (Fsp3) is 0.208. The van der Waals surface area contributed by atoms with Crippen LogP contribution < -0.4 is 14.8 Å². The van der Waals surface area contributed by atoms with Gasteiger partial charge in [-0.3, -0.25) is 4.79 Å². The van der Waals surface area contributed by atoms with Gasteiger partial charge in [0.2, 0.25) is 15.9 Å². The molecule has 11 heteroatoms. The standard InChI is InChI=1S/C24H22F4N2O4S/c1-15-8-11-21(34-2)22(12-15)35(32,33)30-20(13-16-6-4-3-5-7-16)23(31)29-17-9-10-19(25)18(14-17)24(26,27)28/h3-12,14,20,30H,13H2,1-2H3,(H,29,31)/t20-/m1/s1. The Bertz CT molecular complexity index is 1310. The first-order valence-corrected chi connectivity index (χ1v) is 11.8. The number of hydrogen-bond acceptors (Lipinski definition) is 4. The van der Waals surface area contributed by atoms with Gasteiger partial charge in [-0.15, -0.1) is 0 Å². The summed E-state index contributed by atoms with van der Waals surface area (Å²) in [5.41, 5.74) is -0.669. The van der Waals surface area contributed by atoms with Gasteiger partial charge in [-0.25, -0.2) is 12.8 Å². The third-order valence-electron chi connectivity index (χ3n) is 5.04. The maximum absolute atomic E-state index is 13.6. The summed E-state index contributed by atoms with van der Waals surface area (Å²) in [5.74, 6) is -2.37. The number of hydrogen-bond donors (Lipinski definition) is 2. The van der Waals surface area contributed by atoms with Crippen LogP contribution in [0.5, 0.6) is 5.75 Å². The van der Waals surface area contributed by atoms with Gasteiger partial charge in [-0.05, 0) is 54.8 Å².